The summed E-state index contributed by atoms with van der Waals surface area (Å²) in [6, 6.07) is 0. The highest BCUT2D eigenvalue weighted by atomic mass is 35.5. The molecule has 78 valence electrons. The summed E-state index contributed by atoms with van der Waals surface area (Å²) in [4.78, 5) is 0. The first-order valence-corrected chi connectivity index (χ1v) is 5.46. The topological polar surface area (TPSA) is 9.23 Å². The normalized spacial score (nSPS) is 18.2. The third-order valence-electron chi connectivity index (χ3n) is 2.25. The van der Waals surface area contributed by atoms with Gasteiger partial charge in [0.25, 0.3) is 0 Å². The van der Waals surface area contributed by atoms with E-state index in [-0.39, 0.29) is 0 Å². The zero-order chi connectivity index (χ0) is 10.4. The van der Waals surface area contributed by atoms with Crippen LogP contribution in [0.1, 0.15) is 26.7 Å². The van der Waals surface area contributed by atoms with Gasteiger partial charge >= 0.3 is 0 Å². The number of hydrogen-bond donors (Lipinski definition) is 0. The molecule has 1 aliphatic carbocycles. The molecule has 0 fully saturated rings. The smallest absolute Gasteiger partial charge is 0.119 e. The summed E-state index contributed by atoms with van der Waals surface area (Å²) in [5.41, 5.74) is 0. The van der Waals surface area contributed by atoms with Crippen molar-refractivity contribution in [2.45, 2.75) is 26.7 Å². The first-order chi connectivity index (χ1) is 6.72. The highest BCUT2D eigenvalue weighted by Gasteiger charge is 2.01. The van der Waals surface area contributed by atoms with Crippen LogP contribution < -0.4 is 0 Å². The molecular weight excluding hydrogens is 196 g/mol. The minimum Gasteiger partial charge on any atom is -0.493 e. The molecule has 0 saturated carbocycles. The molecule has 0 aromatic heterocycles. The van der Waals surface area contributed by atoms with Crippen LogP contribution in [-0.2, 0) is 4.74 Å². The Morgan fingerprint density at radius 3 is 3.00 bits per heavy atom. The molecule has 0 N–H and O–H groups in total. The third-order valence-corrected chi connectivity index (χ3v) is 2.54. The molecule has 0 heterocycles. The Balaban J connectivity index is 2.44. The second kappa shape index (κ2) is 5.92. The monoisotopic (exact) mass is 212 g/mol. The fourth-order valence-corrected chi connectivity index (χ4v) is 1.19. The van der Waals surface area contributed by atoms with E-state index in [4.69, 9.17) is 16.3 Å². The molecule has 0 aliphatic heterocycles. The molecule has 1 unspecified atom stereocenters. The molecule has 0 aromatic rings. The van der Waals surface area contributed by atoms with Crippen molar-refractivity contribution in [2.24, 2.45) is 5.92 Å². The van der Waals surface area contributed by atoms with Crippen molar-refractivity contribution >= 4 is 11.6 Å². The summed E-state index contributed by atoms with van der Waals surface area (Å²) in [5, 5.41) is 0.850. The minimum absolute atomic E-state index is 0.604. The minimum atomic E-state index is 0.604. The molecule has 0 aromatic carbocycles. The number of rotatable bonds is 4. The van der Waals surface area contributed by atoms with E-state index in [9.17, 15) is 0 Å². The van der Waals surface area contributed by atoms with E-state index < -0.39 is 0 Å². The molecular formula is C12H17ClO. The molecule has 1 aliphatic rings. The molecule has 0 radical (unpaired) electrons. The Hall–Kier alpha value is -0.690. The quantitative estimate of drug-likeness (QED) is 0.684. The highest BCUT2D eigenvalue weighted by Crippen LogP contribution is 2.15. The van der Waals surface area contributed by atoms with Gasteiger partial charge in [-0.1, -0.05) is 37.9 Å². The van der Waals surface area contributed by atoms with E-state index in [0.717, 1.165) is 30.2 Å². The molecule has 0 amide bonds. The lowest BCUT2D eigenvalue weighted by molar-refractivity contribution is 0.180. The van der Waals surface area contributed by atoms with Gasteiger partial charge in [0, 0.05) is 11.5 Å². The first kappa shape index (κ1) is 11.4. The van der Waals surface area contributed by atoms with E-state index in [1.54, 1.807) is 0 Å². The lowest BCUT2D eigenvalue weighted by Crippen LogP contribution is -2.03. The van der Waals surface area contributed by atoms with E-state index in [1.807, 2.05) is 24.3 Å². The van der Waals surface area contributed by atoms with Crippen LogP contribution in [0, 0.1) is 5.92 Å². The van der Waals surface area contributed by atoms with Gasteiger partial charge in [-0.2, -0.15) is 0 Å². The first-order valence-electron chi connectivity index (χ1n) is 5.08. The second-order valence-corrected chi connectivity index (χ2v) is 4.10. The summed E-state index contributed by atoms with van der Waals surface area (Å²) < 4.78 is 5.64. The standard InChI is InChI=1S/C12H17ClO/c1-3-10(2)9-14-12-6-4-5-11(13)7-8-12/h4,6-8,10H,3,5,9H2,1-2H3. The Morgan fingerprint density at radius 2 is 2.29 bits per heavy atom. The van der Waals surface area contributed by atoms with Crippen molar-refractivity contribution in [1.29, 1.82) is 0 Å². The zero-order valence-electron chi connectivity index (χ0n) is 8.79. The summed E-state index contributed by atoms with van der Waals surface area (Å²) >= 11 is 5.89. The predicted molar refractivity (Wildman–Crippen MR) is 61.2 cm³/mol. The largest absolute Gasteiger partial charge is 0.493 e. The van der Waals surface area contributed by atoms with Crippen LogP contribution in [0.15, 0.2) is 35.1 Å². The van der Waals surface area contributed by atoms with Gasteiger partial charge in [-0.15, -0.1) is 0 Å². The van der Waals surface area contributed by atoms with Crippen molar-refractivity contribution in [3.05, 3.63) is 35.1 Å². The van der Waals surface area contributed by atoms with Crippen LogP contribution >= 0.6 is 11.6 Å². The molecule has 1 rings (SSSR count). The lowest BCUT2D eigenvalue weighted by atomic mass is 10.1. The van der Waals surface area contributed by atoms with Crippen molar-refractivity contribution in [2.75, 3.05) is 6.61 Å². The number of allylic oxidation sites excluding steroid dienone is 5. The van der Waals surface area contributed by atoms with Crippen molar-refractivity contribution in [1.82, 2.24) is 0 Å². The van der Waals surface area contributed by atoms with Gasteiger partial charge in [-0.05, 0) is 24.1 Å². The molecule has 0 bridgehead atoms. The van der Waals surface area contributed by atoms with Crippen LogP contribution in [0.3, 0.4) is 0 Å². The number of ether oxygens (including phenoxy) is 1. The van der Waals surface area contributed by atoms with Gasteiger partial charge in [-0.25, -0.2) is 0 Å². The van der Waals surface area contributed by atoms with Crippen LogP contribution in [0.4, 0.5) is 0 Å². The third kappa shape index (κ3) is 4.01. The molecule has 0 spiro atoms. The van der Waals surface area contributed by atoms with Crippen molar-refractivity contribution in [3.63, 3.8) is 0 Å². The van der Waals surface area contributed by atoms with Gasteiger partial charge in [0.1, 0.15) is 5.76 Å². The Morgan fingerprint density at radius 1 is 1.50 bits per heavy atom. The van der Waals surface area contributed by atoms with Gasteiger partial charge in [0.05, 0.1) is 6.61 Å². The molecule has 1 nitrogen and oxygen atoms in total. The summed E-state index contributed by atoms with van der Waals surface area (Å²) in [6.07, 6.45) is 9.77. The Kier molecular flexibility index (Phi) is 4.81. The van der Waals surface area contributed by atoms with E-state index in [2.05, 4.69) is 13.8 Å². The highest BCUT2D eigenvalue weighted by molar-refractivity contribution is 6.29. The van der Waals surface area contributed by atoms with Crippen LogP contribution in [0.5, 0.6) is 0 Å². The summed E-state index contributed by atoms with van der Waals surface area (Å²) in [7, 11) is 0. The van der Waals surface area contributed by atoms with Crippen molar-refractivity contribution < 1.29 is 4.74 Å². The molecule has 2 heteroatoms. The van der Waals surface area contributed by atoms with E-state index >= 15 is 0 Å². The van der Waals surface area contributed by atoms with Crippen molar-refractivity contribution in [3.8, 4) is 0 Å². The van der Waals surface area contributed by atoms with Gasteiger partial charge in [0.2, 0.25) is 0 Å². The number of halogens is 1. The summed E-state index contributed by atoms with van der Waals surface area (Å²) in [6.45, 7) is 5.13. The summed E-state index contributed by atoms with van der Waals surface area (Å²) in [5.74, 6) is 1.51. The molecule has 1 atom stereocenters. The van der Waals surface area contributed by atoms with Crippen LogP contribution in [0.2, 0.25) is 0 Å². The molecule has 14 heavy (non-hydrogen) atoms. The maximum Gasteiger partial charge on any atom is 0.119 e. The molecule has 0 saturated heterocycles. The second-order valence-electron chi connectivity index (χ2n) is 3.61. The van der Waals surface area contributed by atoms with Gasteiger partial charge in [0.15, 0.2) is 0 Å². The zero-order valence-corrected chi connectivity index (χ0v) is 9.55. The average molecular weight is 213 g/mol. The lowest BCUT2D eigenvalue weighted by Gasteiger charge is -2.10. The van der Waals surface area contributed by atoms with Crippen LogP contribution in [-0.4, -0.2) is 6.61 Å². The SMILES string of the molecule is CCC(C)COC1=CC=C(Cl)CC=C1. The average Bonchev–Trinajstić information content (AvgIpc) is 2.39. The predicted octanol–water partition coefficient (Wildman–Crippen LogP) is 4.02. The number of hydrogen-bond acceptors (Lipinski definition) is 1. The fourth-order valence-electron chi connectivity index (χ4n) is 1.04. The van der Waals surface area contributed by atoms with Gasteiger partial charge < -0.3 is 4.74 Å². The van der Waals surface area contributed by atoms with E-state index in [1.165, 1.54) is 0 Å². The Labute approximate surface area is 91.1 Å². The van der Waals surface area contributed by atoms with Crippen LogP contribution in [0.25, 0.3) is 0 Å². The maximum absolute atomic E-state index is 5.89. The van der Waals surface area contributed by atoms with E-state index in [0.29, 0.717) is 5.92 Å². The fraction of sp³-hybridized carbons (Fsp3) is 0.500. The van der Waals surface area contributed by atoms with Gasteiger partial charge in [-0.3, -0.25) is 0 Å². The maximum atomic E-state index is 5.89. The Bertz CT molecular complexity index is 263.